The number of hydrogen-bond acceptors (Lipinski definition) is 1. The third-order valence-corrected chi connectivity index (χ3v) is 4.24. The predicted octanol–water partition coefficient (Wildman–Crippen LogP) is 3.37. The van der Waals surface area contributed by atoms with E-state index in [0.717, 1.165) is 5.69 Å². The number of carbonyl (C=O) groups is 1. The molecule has 0 saturated heterocycles. The van der Waals surface area contributed by atoms with Gasteiger partial charge < -0.3 is 5.32 Å². The normalized spacial score (nSPS) is 30.5. The number of benzene rings is 1. The van der Waals surface area contributed by atoms with E-state index in [-0.39, 0.29) is 5.91 Å². The van der Waals surface area contributed by atoms with E-state index in [0.29, 0.717) is 17.8 Å². The van der Waals surface area contributed by atoms with Gasteiger partial charge in [0, 0.05) is 11.6 Å². The molecule has 2 atom stereocenters. The minimum absolute atomic E-state index is 0.243. The summed E-state index contributed by atoms with van der Waals surface area (Å²) in [6.45, 7) is 2.05. The van der Waals surface area contributed by atoms with Crippen molar-refractivity contribution in [1.82, 2.24) is 0 Å². The SMILES string of the molecule is Cc1cccc(NC(=O)C2[C@H]3CCCC[C@H]23)c1. The van der Waals surface area contributed by atoms with E-state index in [4.69, 9.17) is 0 Å². The van der Waals surface area contributed by atoms with Crippen LogP contribution in [0, 0.1) is 24.7 Å². The molecule has 0 spiro atoms. The van der Waals surface area contributed by atoms with Gasteiger partial charge in [-0.1, -0.05) is 25.0 Å². The maximum Gasteiger partial charge on any atom is 0.228 e. The second kappa shape index (κ2) is 4.17. The van der Waals surface area contributed by atoms with E-state index in [1.165, 1.54) is 31.2 Å². The molecule has 0 aliphatic heterocycles. The molecular weight excluding hydrogens is 210 g/mol. The Bertz CT molecular complexity index is 428. The van der Waals surface area contributed by atoms with Crippen molar-refractivity contribution < 1.29 is 4.79 Å². The van der Waals surface area contributed by atoms with E-state index in [1.807, 2.05) is 31.2 Å². The van der Waals surface area contributed by atoms with E-state index in [2.05, 4.69) is 5.32 Å². The summed E-state index contributed by atoms with van der Waals surface area (Å²) in [7, 11) is 0. The Morgan fingerprint density at radius 2 is 1.94 bits per heavy atom. The fourth-order valence-corrected chi connectivity index (χ4v) is 3.33. The summed E-state index contributed by atoms with van der Waals surface area (Å²) in [5.41, 5.74) is 2.13. The van der Waals surface area contributed by atoms with Gasteiger partial charge in [-0.05, 0) is 49.3 Å². The Kier molecular flexibility index (Phi) is 2.65. The number of hydrogen-bond donors (Lipinski definition) is 1. The highest BCUT2D eigenvalue weighted by Gasteiger charge is 2.54. The number of anilines is 1. The maximum atomic E-state index is 12.1. The van der Waals surface area contributed by atoms with Crippen molar-refractivity contribution in [3.63, 3.8) is 0 Å². The van der Waals surface area contributed by atoms with Crippen molar-refractivity contribution in [2.45, 2.75) is 32.6 Å². The second-order valence-corrected chi connectivity index (χ2v) is 5.50. The molecule has 2 heteroatoms. The summed E-state index contributed by atoms with van der Waals surface area (Å²) in [6.07, 6.45) is 5.15. The molecule has 0 radical (unpaired) electrons. The second-order valence-electron chi connectivity index (χ2n) is 5.50. The number of nitrogens with one attached hydrogen (secondary N) is 1. The van der Waals surface area contributed by atoms with Crippen LogP contribution in [-0.2, 0) is 4.79 Å². The third kappa shape index (κ3) is 2.08. The Morgan fingerprint density at radius 1 is 1.24 bits per heavy atom. The van der Waals surface area contributed by atoms with Gasteiger partial charge in [-0.15, -0.1) is 0 Å². The van der Waals surface area contributed by atoms with E-state index >= 15 is 0 Å². The molecule has 0 aromatic heterocycles. The summed E-state index contributed by atoms with van der Waals surface area (Å²) < 4.78 is 0. The Labute approximate surface area is 102 Å². The summed E-state index contributed by atoms with van der Waals surface area (Å²) in [6, 6.07) is 8.04. The molecular formula is C15H19NO. The number of fused-ring (bicyclic) bond motifs is 1. The van der Waals surface area contributed by atoms with Crippen LogP contribution in [0.25, 0.3) is 0 Å². The van der Waals surface area contributed by atoms with Crippen molar-refractivity contribution >= 4 is 11.6 Å². The van der Waals surface area contributed by atoms with Crippen molar-refractivity contribution in [2.75, 3.05) is 5.32 Å². The van der Waals surface area contributed by atoms with Crippen LogP contribution in [-0.4, -0.2) is 5.91 Å². The number of amides is 1. The molecule has 0 bridgehead atoms. The zero-order valence-electron chi connectivity index (χ0n) is 10.3. The van der Waals surface area contributed by atoms with Gasteiger partial charge in [0.2, 0.25) is 5.91 Å². The van der Waals surface area contributed by atoms with E-state index in [1.54, 1.807) is 0 Å². The van der Waals surface area contributed by atoms with Crippen LogP contribution in [0.4, 0.5) is 5.69 Å². The Morgan fingerprint density at radius 3 is 2.59 bits per heavy atom. The molecule has 1 amide bonds. The van der Waals surface area contributed by atoms with Gasteiger partial charge in [0.25, 0.3) is 0 Å². The highest BCUT2D eigenvalue weighted by molar-refractivity contribution is 5.94. The molecule has 2 aliphatic carbocycles. The van der Waals surface area contributed by atoms with Crippen LogP contribution in [0.15, 0.2) is 24.3 Å². The molecule has 1 aromatic rings. The standard InChI is InChI=1S/C15H19NO/c1-10-5-4-6-11(9-10)16-15(17)14-12-7-2-3-8-13(12)14/h4-6,9,12-14H,2-3,7-8H2,1H3,(H,16,17)/t12-,13-/m0/s1. The highest BCUT2D eigenvalue weighted by atomic mass is 16.2. The van der Waals surface area contributed by atoms with Crippen molar-refractivity contribution in [3.05, 3.63) is 29.8 Å². The Hall–Kier alpha value is -1.31. The van der Waals surface area contributed by atoms with Crippen LogP contribution >= 0.6 is 0 Å². The largest absolute Gasteiger partial charge is 0.326 e. The molecule has 1 N–H and O–H groups in total. The van der Waals surface area contributed by atoms with Gasteiger partial charge in [-0.2, -0.15) is 0 Å². The first-order valence-electron chi connectivity index (χ1n) is 6.63. The smallest absolute Gasteiger partial charge is 0.228 e. The third-order valence-electron chi connectivity index (χ3n) is 4.24. The van der Waals surface area contributed by atoms with Crippen LogP contribution in [0.1, 0.15) is 31.2 Å². The van der Waals surface area contributed by atoms with Crippen LogP contribution in [0.5, 0.6) is 0 Å². The van der Waals surface area contributed by atoms with Crippen molar-refractivity contribution in [1.29, 1.82) is 0 Å². The topological polar surface area (TPSA) is 29.1 Å². The lowest BCUT2D eigenvalue weighted by atomic mass is 10.0. The minimum atomic E-state index is 0.243. The lowest BCUT2D eigenvalue weighted by Gasteiger charge is -2.05. The number of aryl methyl sites for hydroxylation is 1. The zero-order valence-corrected chi connectivity index (χ0v) is 10.3. The molecule has 90 valence electrons. The van der Waals surface area contributed by atoms with Crippen LogP contribution in [0.3, 0.4) is 0 Å². The van der Waals surface area contributed by atoms with E-state index in [9.17, 15) is 4.79 Å². The van der Waals surface area contributed by atoms with Gasteiger partial charge in [-0.25, -0.2) is 0 Å². The summed E-state index contributed by atoms with van der Waals surface area (Å²) >= 11 is 0. The first kappa shape index (κ1) is 10.8. The molecule has 1 aromatic carbocycles. The molecule has 17 heavy (non-hydrogen) atoms. The summed E-state index contributed by atoms with van der Waals surface area (Å²) in [4.78, 5) is 12.1. The predicted molar refractivity (Wildman–Crippen MR) is 68.7 cm³/mol. The van der Waals surface area contributed by atoms with Crippen LogP contribution in [0.2, 0.25) is 0 Å². The lowest BCUT2D eigenvalue weighted by Crippen LogP contribution is -2.15. The van der Waals surface area contributed by atoms with Gasteiger partial charge in [-0.3, -0.25) is 4.79 Å². The molecule has 3 rings (SSSR count). The van der Waals surface area contributed by atoms with Gasteiger partial charge in [0.05, 0.1) is 0 Å². The Balaban J connectivity index is 1.64. The molecule has 2 nitrogen and oxygen atoms in total. The fourth-order valence-electron chi connectivity index (χ4n) is 3.33. The fraction of sp³-hybridized carbons (Fsp3) is 0.533. The minimum Gasteiger partial charge on any atom is -0.326 e. The molecule has 0 heterocycles. The zero-order chi connectivity index (χ0) is 11.8. The van der Waals surface area contributed by atoms with E-state index < -0.39 is 0 Å². The number of rotatable bonds is 2. The monoisotopic (exact) mass is 229 g/mol. The molecule has 2 aliphatic rings. The quantitative estimate of drug-likeness (QED) is 0.827. The summed E-state index contributed by atoms with van der Waals surface area (Å²) in [5.74, 6) is 1.92. The first-order chi connectivity index (χ1) is 8.25. The average molecular weight is 229 g/mol. The average Bonchev–Trinajstić information content (AvgIpc) is 3.03. The molecule has 0 unspecified atom stereocenters. The van der Waals surface area contributed by atoms with Crippen LogP contribution < -0.4 is 5.32 Å². The number of carbonyl (C=O) groups excluding carboxylic acids is 1. The van der Waals surface area contributed by atoms with Crippen molar-refractivity contribution in [3.8, 4) is 0 Å². The molecule has 2 saturated carbocycles. The van der Waals surface area contributed by atoms with Gasteiger partial charge in [0.1, 0.15) is 0 Å². The van der Waals surface area contributed by atoms with Crippen molar-refractivity contribution in [2.24, 2.45) is 17.8 Å². The molecule has 2 fully saturated rings. The lowest BCUT2D eigenvalue weighted by molar-refractivity contribution is -0.117. The van der Waals surface area contributed by atoms with Gasteiger partial charge in [0.15, 0.2) is 0 Å². The maximum absolute atomic E-state index is 12.1. The highest BCUT2D eigenvalue weighted by Crippen LogP contribution is 2.55. The summed E-state index contributed by atoms with van der Waals surface area (Å²) in [5, 5.41) is 3.06. The van der Waals surface area contributed by atoms with Gasteiger partial charge >= 0.3 is 0 Å². The first-order valence-corrected chi connectivity index (χ1v) is 6.63.